The lowest BCUT2D eigenvalue weighted by molar-refractivity contribution is -0.120. The molecule has 0 fully saturated rings. The summed E-state index contributed by atoms with van der Waals surface area (Å²) in [5.74, 6) is 0.0525. The molecule has 0 saturated heterocycles. The number of guanidine groups is 1. The summed E-state index contributed by atoms with van der Waals surface area (Å²) in [6.07, 6.45) is 12.4. The van der Waals surface area contributed by atoms with Crippen molar-refractivity contribution in [3.8, 4) is 0 Å². The maximum atomic E-state index is 11.6. The Bertz CT molecular complexity index is 833. The molecule has 8 nitrogen and oxygen atoms in total. The lowest BCUT2D eigenvalue weighted by Gasteiger charge is -2.07. The minimum Gasteiger partial charge on any atom is -0.370 e. The van der Waals surface area contributed by atoms with Crippen LogP contribution in [0, 0.1) is 5.92 Å². The second-order valence-electron chi connectivity index (χ2n) is 6.32. The third-order valence-corrected chi connectivity index (χ3v) is 5.10. The predicted molar refractivity (Wildman–Crippen MR) is 113 cm³/mol. The fourth-order valence-corrected chi connectivity index (χ4v) is 3.74. The molecule has 2 rings (SSSR count). The van der Waals surface area contributed by atoms with Gasteiger partial charge in [0.05, 0.1) is 11.4 Å². The number of nitrogens with zero attached hydrogens (tertiary/aromatic N) is 2. The molecule has 1 unspecified atom stereocenters. The van der Waals surface area contributed by atoms with E-state index >= 15 is 0 Å². The van der Waals surface area contributed by atoms with Crippen LogP contribution in [0.25, 0.3) is 0 Å². The number of hydrogen-bond acceptors (Lipinski definition) is 5. The molecule has 9 heteroatoms. The Morgan fingerprint density at radius 3 is 2.75 bits per heavy atom. The van der Waals surface area contributed by atoms with Gasteiger partial charge in [0.1, 0.15) is 0 Å². The van der Waals surface area contributed by atoms with Crippen LogP contribution in [0.3, 0.4) is 0 Å². The van der Waals surface area contributed by atoms with Crippen LogP contribution in [-0.2, 0) is 22.4 Å². The predicted octanol–water partition coefficient (Wildman–Crippen LogP) is 1.61. The quantitative estimate of drug-likeness (QED) is 0.387. The van der Waals surface area contributed by atoms with Crippen molar-refractivity contribution in [1.82, 2.24) is 10.3 Å². The summed E-state index contributed by atoms with van der Waals surface area (Å²) in [5.41, 5.74) is 12.5. The Kier molecular flexibility index (Phi) is 7.94. The van der Waals surface area contributed by atoms with Gasteiger partial charge in [0, 0.05) is 25.3 Å². The van der Waals surface area contributed by atoms with Gasteiger partial charge in [0.2, 0.25) is 11.8 Å². The van der Waals surface area contributed by atoms with E-state index in [1.165, 1.54) is 18.3 Å². The molecule has 6 N–H and O–H groups in total. The Balaban J connectivity index is 2.05. The largest absolute Gasteiger partial charge is 0.370 e. The molecule has 1 aromatic heterocycles. The summed E-state index contributed by atoms with van der Waals surface area (Å²) in [4.78, 5) is 32.5. The second kappa shape index (κ2) is 10.4. The first-order valence-electron chi connectivity index (χ1n) is 9.00. The third-order valence-electron chi connectivity index (χ3n) is 4.03. The van der Waals surface area contributed by atoms with Gasteiger partial charge in [-0.25, -0.2) is 9.98 Å². The summed E-state index contributed by atoms with van der Waals surface area (Å²) < 4.78 is 0. The molecule has 1 aliphatic carbocycles. The zero-order valence-electron chi connectivity index (χ0n) is 16.1. The van der Waals surface area contributed by atoms with Crippen molar-refractivity contribution in [3.05, 3.63) is 46.6 Å². The van der Waals surface area contributed by atoms with E-state index in [1.54, 1.807) is 7.05 Å². The van der Waals surface area contributed by atoms with Crippen LogP contribution >= 0.6 is 11.3 Å². The number of aliphatic imine (C=N–C) groups is 1. The summed E-state index contributed by atoms with van der Waals surface area (Å²) in [5, 5.41) is 5.92. The van der Waals surface area contributed by atoms with Gasteiger partial charge in [-0.1, -0.05) is 18.2 Å². The summed E-state index contributed by atoms with van der Waals surface area (Å²) in [6.45, 7) is 1.45. The molecule has 28 heavy (non-hydrogen) atoms. The van der Waals surface area contributed by atoms with Crippen LogP contribution in [0.4, 0.5) is 5.13 Å². The molecule has 0 spiro atoms. The highest BCUT2D eigenvalue weighted by molar-refractivity contribution is 7.15. The number of thiazole rings is 1. The molecule has 150 valence electrons. The summed E-state index contributed by atoms with van der Waals surface area (Å²) in [6, 6.07) is 0. The van der Waals surface area contributed by atoms with Gasteiger partial charge < -0.3 is 22.1 Å². The molecule has 0 aromatic carbocycles. The molecule has 0 radical (unpaired) electrons. The SMILES string of the molecule is CNC(=O)CCc1sc(NC(C)=O)nc1CCC1C=CC=C(N=C(N)N)C=C1. The third kappa shape index (κ3) is 6.99. The van der Waals surface area contributed by atoms with Crippen molar-refractivity contribution < 1.29 is 9.59 Å². The molecule has 0 saturated carbocycles. The van der Waals surface area contributed by atoms with E-state index in [0.717, 1.165) is 23.4 Å². The number of nitrogens with one attached hydrogen (secondary N) is 2. The first-order valence-corrected chi connectivity index (χ1v) is 9.82. The molecule has 1 aliphatic rings. The van der Waals surface area contributed by atoms with Gasteiger partial charge in [0.25, 0.3) is 0 Å². The number of hydrogen-bond donors (Lipinski definition) is 4. The highest BCUT2D eigenvalue weighted by Gasteiger charge is 2.15. The number of rotatable bonds is 8. The zero-order chi connectivity index (χ0) is 20.5. The van der Waals surface area contributed by atoms with E-state index in [0.29, 0.717) is 23.7 Å². The average Bonchev–Trinajstić information content (AvgIpc) is 2.86. The lowest BCUT2D eigenvalue weighted by atomic mass is 10.0. The number of carbonyl (C=O) groups excluding carboxylic acids is 2. The van der Waals surface area contributed by atoms with E-state index in [1.807, 2.05) is 24.3 Å². The first-order chi connectivity index (χ1) is 13.4. The fraction of sp³-hybridized carbons (Fsp3) is 0.368. The minimum atomic E-state index is -0.161. The number of allylic oxidation sites excluding steroid dienone is 5. The van der Waals surface area contributed by atoms with Crippen molar-refractivity contribution in [1.29, 1.82) is 0 Å². The summed E-state index contributed by atoms with van der Waals surface area (Å²) in [7, 11) is 1.62. The Morgan fingerprint density at radius 1 is 1.29 bits per heavy atom. The van der Waals surface area contributed by atoms with Crippen LogP contribution in [-0.4, -0.2) is 29.8 Å². The molecule has 1 heterocycles. The first kappa shape index (κ1) is 21.4. The van der Waals surface area contributed by atoms with Crippen LogP contribution in [0.2, 0.25) is 0 Å². The van der Waals surface area contributed by atoms with Gasteiger partial charge in [0.15, 0.2) is 11.1 Å². The number of amides is 2. The number of anilines is 1. The number of aromatic nitrogens is 1. The van der Waals surface area contributed by atoms with Crippen molar-refractivity contribution in [3.63, 3.8) is 0 Å². The van der Waals surface area contributed by atoms with Crippen LogP contribution in [0.5, 0.6) is 0 Å². The van der Waals surface area contributed by atoms with Crippen molar-refractivity contribution >= 4 is 34.2 Å². The second-order valence-corrected chi connectivity index (χ2v) is 7.40. The van der Waals surface area contributed by atoms with E-state index in [4.69, 9.17) is 11.5 Å². The smallest absolute Gasteiger partial charge is 0.223 e. The molecule has 1 aromatic rings. The van der Waals surface area contributed by atoms with Gasteiger partial charge in [-0.2, -0.15) is 0 Å². The number of nitrogens with two attached hydrogens (primary N) is 2. The van der Waals surface area contributed by atoms with Gasteiger partial charge >= 0.3 is 0 Å². The molecular weight excluding hydrogens is 376 g/mol. The van der Waals surface area contributed by atoms with E-state index < -0.39 is 0 Å². The van der Waals surface area contributed by atoms with Crippen LogP contribution in [0.1, 0.15) is 30.3 Å². The molecule has 2 amide bonds. The number of carbonyl (C=O) groups is 2. The van der Waals surface area contributed by atoms with Crippen LogP contribution < -0.4 is 22.1 Å². The van der Waals surface area contributed by atoms with Gasteiger partial charge in [-0.3, -0.25) is 9.59 Å². The van der Waals surface area contributed by atoms with Crippen molar-refractivity contribution in [2.24, 2.45) is 22.4 Å². The molecule has 1 atom stereocenters. The Hall–Kier alpha value is -2.94. The van der Waals surface area contributed by atoms with E-state index in [9.17, 15) is 9.59 Å². The monoisotopic (exact) mass is 402 g/mol. The Labute approximate surface area is 168 Å². The summed E-state index contributed by atoms with van der Waals surface area (Å²) >= 11 is 1.42. The lowest BCUT2D eigenvalue weighted by Crippen LogP contribution is -2.22. The van der Waals surface area contributed by atoms with Crippen molar-refractivity contribution in [2.45, 2.75) is 32.6 Å². The van der Waals surface area contributed by atoms with Crippen LogP contribution in [0.15, 0.2) is 41.1 Å². The standard InChI is InChI=1S/C19H26N6O2S/c1-12(26)23-19-25-15(16(28-19)10-11-17(27)22-2)9-7-13-4-3-5-14(8-6-13)24-18(20)21/h3-6,8,13H,7,9-11H2,1-2H3,(H,22,27)(H4,20,21,24)(H,23,25,26). The maximum absolute atomic E-state index is 11.6. The number of aryl methyl sites for hydroxylation is 2. The normalized spacial score (nSPS) is 15.5. The fourth-order valence-electron chi connectivity index (χ4n) is 2.69. The molecule has 0 bridgehead atoms. The van der Waals surface area contributed by atoms with Gasteiger partial charge in [-0.15, -0.1) is 11.3 Å². The van der Waals surface area contributed by atoms with Gasteiger partial charge in [-0.05, 0) is 37.3 Å². The topological polar surface area (TPSA) is 135 Å². The highest BCUT2D eigenvalue weighted by Crippen LogP contribution is 2.27. The van der Waals surface area contributed by atoms with E-state index in [-0.39, 0.29) is 23.7 Å². The van der Waals surface area contributed by atoms with E-state index in [2.05, 4.69) is 26.7 Å². The minimum absolute atomic E-state index is 0.0200. The maximum Gasteiger partial charge on any atom is 0.223 e. The molecule has 0 aliphatic heterocycles. The highest BCUT2D eigenvalue weighted by atomic mass is 32.1. The average molecular weight is 403 g/mol. The molecular formula is C19H26N6O2S. The Morgan fingerprint density at radius 2 is 2.07 bits per heavy atom. The zero-order valence-corrected chi connectivity index (χ0v) is 16.9. The van der Waals surface area contributed by atoms with Crippen molar-refractivity contribution in [2.75, 3.05) is 12.4 Å².